The van der Waals surface area contributed by atoms with Gasteiger partial charge in [-0.3, -0.25) is 9.59 Å². The van der Waals surface area contributed by atoms with Crippen LogP contribution in [-0.4, -0.2) is 125 Å². The molecule has 262 valence electrons. The molecule has 0 bridgehead atoms. The van der Waals surface area contributed by atoms with E-state index in [0.29, 0.717) is 38.4 Å². The predicted molar refractivity (Wildman–Crippen MR) is 172 cm³/mol. The summed E-state index contributed by atoms with van der Waals surface area (Å²) in [6, 6.07) is -0.562. The summed E-state index contributed by atoms with van der Waals surface area (Å²) in [5, 5.41) is 8.44. The average Bonchev–Trinajstić information content (AvgIpc) is 3.42. The molecule has 2 aliphatic heterocycles. The van der Waals surface area contributed by atoms with Gasteiger partial charge in [0, 0.05) is 19.6 Å². The molecule has 3 rings (SSSR count). The van der Waals surface area contributed by atoms with Gasteiger partial charge in [-0.25, -0.2) is 17.9 Å². The Balaban J connectivity index is 2.08. The fraction of sp³-hybridized carbons (Fsp3) is 0.667. The van der Waals surface area contributed by atoms with Crippen molar-refractivity contribution < 1.29 is 41.9 Å². The Kier molecular flexibility index (Phi) is 13.4. The van der Waals surface area contributed by atoms with E-state index in [0.717, 1.165) is 0 Å². The summed E-state index contributed by atoms with van der Waals surface area (Å²) in [4.78, 5) is 45.5. The molecule has 47 heavy (non-hydrogen) atoms. The lowest BCUT2D eigenvalue weighted by molar-refractivity contribution is -0.849. The summed E-state index contributed by atoms with van der Waals surface area (Å²) in [5.74, 6) is -1.16. The molecule has 0 saturated carbocycles. The van der Waals surface area contributed by atoms with Crippen molar-refractivity contribution in [1.82, 2.24) is 24.8 Å². The minimum atomic E-state index is -2.70. The van der Waals surface area contributed by atoms with E-state index in [4.69, 9.17) is 14.2 Å². The van der Waals surface area contributed by atoms with Gasteiger partial charge in [-0.2, -0.15) is 4.79 Å². The van der Waals surface area contributed by atoms with Crippen LogP contribution in [0.15, 0.2) is 30.9 Å². The molecule has 3 amide bonds. The smallest absolute Gasteiger partial charge is 0.414 e. The largest absolute Gasteiger partial charge is 0.516 e. The molecule has 2 fully saturated rings. The molecule has 2 aliphatic rings. The van der Waals surface area contributed by atoms with Gasteiger partial charge in [0.2, 0.25) is 5.91 Å². The van der Waals surface area contributed by atoms with Gasteiger partial charge in [0.25, 0.3) is 12.3 Å². The normalized spacial score (nSPS) is 22.6. The molecule has 0 radical (unpaired) electrons. The molecule has 0 spiro atoms. The van der Waals surface area contributed by atoms with Gasteiger partial charge in [-0.05, 0) is 46.1 Å². The number of aromatic nitrogens is 3. The van der Waals surface area contributed by atoms with Gasteiger partial charge >= 0.3 is 6.09 Å². The summed E-state index contributed by atoms with van der Waals surface area (Å²) in [6.07, 6.45) is 3.81. The number of amides is 3. The average molecular weight is 666 g/mol. The Labute approximate surface area is 276 Å². The first-order chi connectivity index (χ1) is 22.1. The van der Waals surface area contributed by atoms with Gasteiger partial charge in [0.15, 0.2) is 5.69 Å². The van der Waals surface area contributed by atoms with E-state index in [1.54, 1.807) is 68.8 Å². The molecule has 2 saturated heterocycles. The SMILES string of the molecule is C=C/C=C\C(=C/C)n1nnc(C(=O)N(CC(C)C)[C@H]2C[C@@H](C(=O)N3CCOCC3)C[N+](C)(C(=O)OC(C)(C)C)C2)c1COCC(F)F. The number of quaternary nitrogens is 1. The van der Waals surface area contributed by atoms with Crippen molar-refractivity contribution in [3.8, 4) is 0 Å². The van der Waals surface area contributed by atoms with Gasteiger partial charge < -0.3 is 24.0 Å². The maximum atomic E-state index is 14.5. The molecular weight excluding hydrogens is 614 g/mol. The number of likely N-dealkylation sites (N-methyl/N-ethyl adjacent to an activating group) is 1. The van der Waals surface area contributed by atoms with Crippen LogP contribution in [0.1, 0.15) is 64.1 Å². The van der Waals surface area contributed by atoms with Crippen molar-refractivity contribution in [2.24, 2.45) is 11.8 Å². The molecule has 1 aromatic heterocycles. The van der Waals surface area contributed by atoms with Crippen LogP contribution in [0.5, 0.6) is 0 Å². The molecule has 12 nitrogen and oxygen atoms in total. The van der Waals surface area contributed by atoms with Gasteiger partial charge in [0.05, 0.1) is 44.5 Å². The third-order valence-corrected chi connectivity index (χ3v) is 7.96. The molecule has 1 unspecified atom stereocenters. The van der Waals surface area contributed by atoms with Crippen LogP contribution in [0, 0.1) is 11.8 Å². The van der Waals surface area contributed by atoms with Crippen LogP contribution < -0.4 is 0 Å². The van der Waals surface area contributed by atoms with E-state index in [2.05, 4.69) is 16.9 Å². The van der Waals surface area contributed by atoms with E-state index in [1.165, 1.54) is 4.68 Å². The highest BCUT2D eigenvalue weighted by atomic mass is 19.3. The van der Waals surface area contributed by atoms with Gasteiger partial charge in [0.1, 0.15) is 31.0 Å². The number of morpholine rings is 1. The number of allylic oxidation sites excluding steroid dienone is 5. The molecular formula is C33H51F2N6O6+. The second-order valence-electron chi connectivity index (χ2n) is 13.6. The third kappa shape index (κ3) is 10.2. The number of hydrogen-bond acceptors (Lipinski definition) is 8. The Morgan fingerprint density at radius 1 is 1.19 bits per heavy atom. The molecule has 0 N–H and O–H groups in total. The first-order valence-corrected chi connectivity index (χ1v) is 16.1. The number of carbonyl (C=O) groups excluding carboxylic acids is 3. The monoisotopic (exact) mass is 665 g/mol. The first kappa shape index (κ1) is 38.0. The highest BCUT2D eigenvalue weighted by molar-refractivity contribution is 5.94. The number of halogens is 2. The number of piperidine rings is 1. The van der Waals surface area contributed by atoms with Gasteiger partial charge in [-0.15, -0.1) is 5.10 Å². The summed E-state index contributed by atoms with van der Waals surface area (Å²) >= 11 is 0. The molecule has 0 aromatic carbocycles. The maximum Gasteiger partial charge on any atom is 0.516 e. The van der Waals surface area contributed by atoms with Crippen LogP contribution in [0.4, 0.5) is 13.6 Å². The van der Waals surface area contributed by atoms with Crippen molar-refractivity contribution in [3.05, 3.63) is 42.3 Å². The lowest BCUT2D eigenvalue weighted by Gasteiger charge is -2.46. The van der Waals surface area contributed by atoms with E-state index < -0.39 is 42.6 Å². The zero-order valence-corrected chi connectivity index (χ0v) is 28.8. The van der Waals surface area contributed by atoms with Gasteiger partial charge in [-0.1, -0.05) is 43.9 Å². The van der Waals surface area contributed by atoms with Crippen molar-refractivity contribution in [2.75, 3.05) is 59.6 Å². The van der Waals surface area contributed by atoms with Crippen molar-refractivity contribution in [1.29, 1.82) is 0 Å². The summed E-state index contributed by atoms with van der Waals surface area (Å²) in [5.41, 5.74) is -0.0873. The molecule has 3 atom stereocenters. The molecule has 0 aliphatic carbocycles. The number of carbonyl (C=O) groups is 3. The van der Waals surface area contributed by atoms with E-state index in [1.807, 2.05) is 13.8 Å². The third-order valence-electron chi connectivity index (χ3n) is 7.96. The lowest BCUT2D eigenvalue weighted by Crippen LogP contribution is -2.66. The highest BCUT2D eigenvalue weighted by Crippen LogP contribution is 2.31. The van der Waals surface area contributed by atoms with Crippen LogP contribution in [0.25, 0.3) is 5.70 Å². The minimum absolute atomic E-state index is 0.00440. The molecule has 14 heteroatoms. The van der Waals surface area contributed by atoms with E-state index in [-0.39, 0.29) is 53.9 Å². The number of nitrogens with zero attached hydrogens (tertiary/aromatic N) is 6. The molecule has 3 heterocycles. The number of likely N-dealkylation sites (tertiary alicyclic amines) is 1. The number of alkyl halides is 2. The number of hydrogen-bond donors (Lipinski definition) is 0. The number of rotatable bonds is 12. The Hall–Kier alpha value is -3.49. The summed E-state index contributed by atoms with van der Waals surface area (Å²) in [7, 11) is 1.74. The predicted octanol–water partition coefficient (Wildman–Crippen LogP) is 4.39. The zero-order valence-electron chi connectivity index (χ0n) is 28.8. The van der Waals surface area contributed by atoms with Crippen LogP contribution in [-0.2, 0) is 25.6 Å². The minimum Gasteiger partial charge on any atom is -0.414 e. The van der Waals surface area contributed by atoms with Crippen molar-refractivity contribution in [3.63, 3.8) is 0 Å². The Bertz CT molecular complexity index is 1320. The van der Waals surface area contributed by atoms with Crippen LogP contribution in [0.2, 0.25) is 0 Å². The highest BCUT2D eigenvalue weighted by Gasteiger charge is 2.50. The second kappa shape index (κ2) is 16.6. The fourth-order valence-electron chi connectivity index (χ4n) is 5.90. The quantitative estimate of drug-likeness (QED) is 0.239. The van der Waals surface area contributed by atoms with Crippen LogP contribution in [0.3, 0.4) is 0 Å². The van der Waals surface area contributed by atoms with Crippen molar-refractivity contribution >= 4 is 23.6 Å². The lowest BCUT2D eigenvalue weighted by atomic mass is 9.89. The number of ether oxygens (including phenoxy) is 3. The van der Waals surface area contributed by atoms with E-state index >= 15 is 0 Å². The van der Waals surface area contributed by atoms with Crippen LogP contribution >= 0.6 is 0 Å². The molecule has 1 aromatic rings. The second-order valence-corrected chi connectivity index (χ2v) is 13.6. The van der Waals surface area contributed by atoms with Crippen molar-refractivity contribution in [2.45, 2.75) is 72.6 Å². The standard InChI is InChI=1S/C33H51F2N6O6/c1-9-11-12-25(10-2)40-27(21-46-22-28(34)35)29(36-37-40)31(43)39(18-23(3)4)26-17-24(30(42)38-13-15-45-16-14-38)19-41(8,20-26)32(44)47-33(5,6)7/h9-12,23-24,26,28H,1,13-22H2,2-8H3/q+1/b12-11-,25-10+/t24-,26+,41?/m1/s1. The zero-order chi connectivity index (χ0) is 34.9. The fourth-order valence-corrected chi connectivity index (χ4v) is 5.90. The Morgan fingerprint density at radius 3 is 2.45 bits per heavy atom. The topological polar surface area (TPSA) is 116 Å². The summed E-state index contributed by atoms with van der Waals surface area (Å²) in [6.45, 7) is 16.0. The Morgan fingerprint density at radius 2 is 1.87 bits per heavy atom. The maximum absolute atomic E-state index is 14.5. The van der Waals surface area contributed by atoms with E-state index in [9.17, 15) is 23.2 Å². The summed E-state index contributed by atoms with van der Waals surface area (Å²) < 4.78 is 43.9. The first-order valence-electron chi connectivity index (χ1n) is 16.1.